The number of nitrogens with zero attached hydrogens (tertiary/aromatic N) is 1. The fraction of sp³-hybridized carbons (Fsp3) is 0.158. The van der Waals surface area contributed by atoms with Gasteiger partial charge in [0.1, 0.15) is 12.4 Å². The van der Waals surface area contributed by atoms with Gasteiger partial charge in [0.05, 0.1) is 12.0 Å². The lowest BCUT2D eigenvalue weighted by molar-refractivity contribution is -0.118. The molecule has 130 valence electrons. The van der Waals surface area contributed by atoms with Crippen molar-refractivity contribution in [1.82, 2.24) is 5.43 Å². The number of carbonyl (C=O) groups excluding carboxylic acids is 1. The lowest BCUT2D eigenvalue weighted by Crippen LogP contribution is -2.19. The summed E-state index contributed by atoms with van der Waals surface area (Å²) in [6, 6.07) is 15.0. The van der Waals surface area contributed by atoms with E-state index in [1.807, 2.05) is 48.5 Å². The first-order chi connectivity index (χ1) is 12.2. The number of amides is 1. The van der Waals surface area contributed by atoms with Gasteiger partial charge >= 0.3 is 0 Å². The molecule has 0 fully saturated rings. The van der Waals surface area contributed by atoms with Crippen LogP contribution in [0.3, 0.4) is 0 Å². The van der Waals surface area contributed by atoms with Gasteiger partial charge < -0.3 is 4.74 Å². The number of hydrazone groups is 1. The van der Waals surface area contributed by atoms with Gasteiger partial charge in [-0.05, 0) is 47.5 Å². The zero-order valence-electron chi connectivity index (χ0n) is 13.7. The highest BCUT2D eigenvalue weighted by atomic mass is 35.5. The highest BCUT2D eigenvalue weighted by Crippen LogP contribution is 2.15. The molecule has 0 unspecified atom stereocenters. The standard InChI is InChI=1S/C19H19ClN2O2S/c1-2-11-24-18-9-5-15(6-10-18)12-21-22-19(23)14-25-13-16-3-7-17(20)8-4-16/h2-10,12H,1,11,13-14H2,(H,22,23). The molecule has 4 nitrogen and oxygen atoms in total. The Bertz CT molecular complexity index is 715. The van der Waals surface area contributed by atoms with E-state index >= 15 is 0 Å². The van der Waals surface area contributed by atoms with Crippen LogP contribution in [0.2, 0.25) is 5.02 Å². The molecule has 0 heterocycles. The molecular weight excluding hydrogens is 356 g/mol. The van der Waals surface area contributed by atoms with Gasteiger partial charge in [-0.25, -0.2) is 5.43 Å². The molecule has 0 saturated carbocycles. The maximum absolute atomic E-state index is 11.8. The van der Waals surface area contributed by atoms with Gasteiger partial charge in [-0.3, -0.25) is 4.79 Å². The van der Waals surface area contributed by atoms with E-state index in [1.54, 1.807) is 12.3 Å². The number of rotatable bonds is 9. The van der Waals surface area contributed by atoms with Crippen LogP contribution in [0.15, 0.2) is 66.3 Å². The second kappa shape index (κ2) is 10.6. The van der Waals surface area contributed by atoms with Crippen LogP contribution in [0.4, 0.5) is 0 Å². The summed E-state index contributed by atoms with van der Waals surface area (Å²) in [5.74, 6) is 1.72. The topological polar surface area (TPSA) is 50.7 Å². The minimum Gasteiger partial charge on any atom is -0.490 e. The predicted molar refractivity (Wildman–Crippen MR) is 105 cm³/mol. The molecule has 25 heavy (non-hydrogen) atoms. The molecule has 2 aromatic rings. The van der Waals surface area contributed by atoms with Crippen molar-refractivity contribution in [2.24, 2.45) is 5.10 Å². The number of thioether (sulfide) groups is 1. The average Bonchev–Trinajstić information content (AvgIpc) is 2.63. The summed E-state index contributed by atoms with van der Waals surface area (Å²) in [4.78, 5) is 11.8. The molecule has 0 saturated heterocycles. The van der Waals surface area contributed by atoms with Crippen LogP contribution >= 0.6 is 23.4 Å². The Morgan fingerprint density at radius 3 is 2.60 bits per heavy atom. The first-order valence-electron chi connectivity index (χ1n) is 7.65. The number of halogens is 1. The van der Waals surface area contributed by atoms with Crippen molar-refractivity contribution in [2.75, 3.05) is 12.4 Å². The number of ether oxygens (including phenoxy) is 1. The van der Waals surface area contributed by atoms with E-state index in [-0.39, 0.29) is 5.91 Å². The number of hydrogen-bond donors (Lipinski definition) is 1. The molecule has 1 N–H and O–H groups in total. The highest BCUT2D eigenvalue weighted by Gasteiger charge is 2.01. The molecule has 0 bridgehead atoms. The number of benzene rings is 2. The molecule has 0 aliphatic rings. The lowest BCUT2D eigenvalue weighted by atomic mass is 10.2. The molecule has 0 radical (unpaired) electrons. The maximum atomic E-state index is 11.8. The van der Waals surface area contributed by atoms with E-state index in [0.717, 1.165) is 22.6 Å². The summed E-state index contributed by atoms with van der Waals surface area (Å²) in [5, 5.41) is 4.67. The van der Waals surface area contributed by atoms with Crippen LogP contribution in [-0.4, -0.2) is 24.5 Å². The Labute approximate surface area is 156 Å². The fourth-order valence-electron chi connectivity index (χ4n) is 1.86. The van der Waals surface area contributed by atoms with Crippen molar-refractivity contribution in [3.8, 4) is 5.75 Å². The molecule has 2 aromatic carbocycles. The zero-order valence-corrected chi connectivity index (χ0v) is 15.2. The maximum Gasteiger partial charge on any atom is 0.250 e. The summed E-state index contributed by atoms with van der Waals surface area (Å²) in [5.41, 5.74) is 4.52. The van der Waals surface area contributed by atoms with E-state index in [9.17, 15) is 4.79 Å². The van der Waals surface area contributed by atoms with Gasteiger partial charge in [-0.1, -0.05) is 36.4 Å². The molecule has 0 atom stereocenters. The van der Waals surface area contributed by atoms with Gasteiger partial charge in [0.25, 0.3) is 0 Å². The molecule has 0 aliphatic carbocycles. The van der Waals surface area contributed by atoms with Crippen molar-refractivity contribution in [3.63, 3.8) is 0 Å². The molecule has 0 spiro atoms. The van der Waals surface area contributed by atoms with E-state index in [4.69, 9.17) is 16.3 Å². The van der Waals surface area contributed by atoms with Gasteiger partial charge in [0.2, 0.25) is 5.91 Å². The third kappa shape index (κ3) is 7.45. The number of nitrogens with one attached hydrogen (secondary N) is 1. The molecule has 0 aromatic heterocycles. The van der Waals surface area contributed by atoms with Crippen molar-refractivity contribution in [3.05, 3.63) is 77.3 Å². The smallest absolute Gasteiger partial charge is 0.250 e. The molecule has 0 aliphatic heterocycles. The second-order valence-corrected chi connectivity index (χ2v) is 6.50. The van der Waals surface area contributed by atoms with Gasteiger partial charge in [-0.15, -0.1) is 11.8 Å². The van der Waals surface area contributed by atoms with Crippen molar-refractivity contribution >= 4 is 35.5 Å². The second-order valence-electron chi connectivity index (χ2n) is 5.08. The van der Waals surface area contributed by atoms with Crippen molar-refractivity contribution in [1.29, 1.82) is 0 Å². The van der Waals surface area contributed by atoms with Gasteiger partial charge in [-0.2, -0.15) is 5.10 Å². The normalized spacial score (nSPS) is 10.6. The van der Waals surface area contributed by atoms with E-state index in [0.29, 0.717) is 17.4 Å². The van der Waals surface area contributed by atoms with Crippen LogP contribution in [0, 0.1) is 0 Å². The van der Waals surface area contributed by atoms with E-state index in [2.05, 4.69) is 17.1 Å². The summed E-state index contributed by atoms with van der Waals surface area (Å²) >= 11 is 7.36. The Balaban J connectivity index is 1.69. The largest absolute Gasteiger partial charge is 0.490 e. The monoisotopic (exact) mass is 374 g/mol. The Hall–Kier alpha value is -2.24. The van der Waals surface area contributed by atoms with Crippen molar-refractivity contribution < 1.29 is 9.53 Å². The minimum absolute atomic E-state index is 0.138. The number of hydrogen-bond acceptors (Lipinski definition) is 4. The summed E-state index contributed by atoms with van der Waals surface area (Å²) in [7, 11) is 0. The Morgan fingerprint density at radius 1 is 1.20 bits per heavy atom. The minimum atomic E-state index is -0.138. The van der Waals surface area contributed by atoms with E-state index < -0.39 is 0 Å². The summed E-state index contributed by atoms with van der Waals surface area (Å²) in [6.07, 6.45) is 3.29. The van der Waals surface area contributed by atoms with E-state index in [1.165, 1.54) is 11.8 Å². The third-order valence-corrected chi connectivity index (χ3v) is 4.32. The Morgan fingerprint density at radius 2 is 1.92 bits per heavy atom. The Kier molecular flexibility index (Phi) is 8.09. The quantitative estimate of drug-likeness (QED) is 0.404. The molecule has 2 rings (SSSR count). The number of carbonyl (C=O) groups is 1. The van der Waals surface area contributed by atoms with Crippen LogP contribution in [0.5, 0.6) is 5.75 Å². The lowest BCUT2D eigenvalue weighted by Gasteiger charge is -2.03. The van der Waals surface area contributed by atoms with Crippen LogP contribution in [0.25, 0.3) is 0 Å². The first kappa shape index (κ1) is 19.1. The molecule has 1 amide bonds. The zero-order chi connectivity index (χ0) is 17.9. The van der Waals surface area contributed by atoms with Crippen LogP contribution in [0.1, 0.15) is 11.1 Å². The van der Waals surface area contributed by atoms with Crippen LogP contribution < -0.4 is 10.2 Å². The molecule has 6 heteroatoms. The third-order valence-electron chi connectivity index (χ3n) is 3.07. The molecular formula is C19H19ClN2O2S. The van der Waals surface area contributed by atoms with Crippen LogP contribution in [-0.2, 0) is 10.5 Å². The predicted octanol–water partition coefficient (Wildman–Crippen LogP) is 4.29. The highest BCUT2D eigenvalue weighted by molar-refractivity contribution is 7.99. The van der Waals surface area contributed by atoms with Gasteiger partial charge in [0, 0.05) is 10.8 Å². The summed E-state index contributed by atoms with van der Waals surface area (Å²) < 4.78 is 5.40. The SMILES string of the molecule is C=CCOc1ccc(C=NNC(=O)CSCc2ccc(Cl)cc2)cc1. The average molecular weight is 375 g/mol. The van der Waals surface area contributed by atoms with Gasteiger partial charge in [0.15, 0.2) is 0 Å². The first-order valence-corrected chi connectivity index (χ1v) is 9.18. The fourth-order valence-corrected chi connectivity index (χ4v) is 2.76. The summed E-state index contributed by atoms with van der Waals surface area (Å²) in [6.45, 7) is 4.07. The van der Waals surface area contributed by atoms with Crippen molar-refractivity contribution in [2.45, 2.75) is 5.75 Å².